The molecule has 30 nitrogen and oxygen atoms in total. The number of thiazole rings is 1. The highest BCUT2D eigenvalue weighted by atomic mass is 32.1. The molecule has 0 bridgehead atoms. The van der Waals surface area contributed by atoms with Crippen LogP contribution in [0.2, 0.25) is 0 Å². The Labute approximate surface area is 834 Å². The van der Waals surface area contributed by atoms with Crippen LogP contribution in [-0.2, 0) is 115 Å². The molecule has 0 aliphatic carbocycles. The van der Waals surface area contributed by atoms with Crippen molar-refractivity contribution in [3.8, 4) is 48.5 Å². The van der Waals surface area contributed by atoms with Gasteiger partial charge in [-0.3, -0.25) is 56.7 Å². The number of nitrogens with two attached hydrogens (primary N) is 1. The molecule has 2 aliphatic heterocycles. The maximum atomic E-state index is 13.6. The molecule has 15 rings (SSSR count). The van der Waals surface area contributed by atoms with Crippen LogP contribution in [0.4, 0.5) is 28.6 Å². The number of benzene rings is 6. The molecule has 13 aromatic rings. The van der Waals surface area contributed by atoms with Gasteiger partial charge in [-0.15, -0.1) is 45.3 Å². The zero-order chi connectivity index (χ0) is 101. The highest BCUT2D eigenvalue weighted by Crippen LogP contribution is 2.46. The van der Waals surface area contributed by atoms with Crippen LogP contribution in [0.1, 0.15) is 174 Å². The fourth-order valence-electron chi connectivity index (χ4n) is 18.0. The molecule has 734 valence electrons. The summed E-state index contributed by atoms with van der Waals surface area (Å²) in [5, 5.41) is 72.6. The molecule has 0 atom stereocenters. The first-order valence-electron chi connectivity index (χ1n) is 47.3. The van der Waals surface area contributed by atoms with E-state index in [1.54, 1.807) is 29.6 Å². The van der Waals surface area contributed by atoms with Gasteiger partial charge in [-0.05, 0) is 212 Å². The van der Waals surface area contributed by atoms with Gasteiger partial charge in [0.05, 0.1) is 23.1 Å². The monoisotopic (exact) mass is 1990 g/mol. The third-order valence-corrected chi connectivity index (χ3v) is 29.7. The number of unbranched alkanes of at least 4 members (excludes halogenated alkanes) is 13. The lowest BCUT2D eigenvalue weighted by atomic mass is 10.0. The van der Waals surface area contributed by atoms with E-state index in [2.05, 4.69) is 166 Å². The van der Waals surface area contributed by atoms with Crippen molar-refractivity contribution >= 4 is 174 Å². The van der Waals surface area contributed by atoms with Gasteiger partial charge in [-0.2, -0.15) is 15.6 Å². The van der Waals surface area contributed by atoms with Crippen LogP contribution < -0.4 is 67.4 Å². The number of carboxylic acid groups (broad SMARTS) is 5. The minimum Gasteiger partial charge on any atom is -0.494 e. The highest BCUT2D eigenvalue weighted by molar-refractivity contribution is 7.24. The van der Waals surface area contributed by atoms with Gasteiger partial charge < -0.3 is 59.8 Å². The molecule has 2 aliphatic rings. The number of carbonyl (C=O) groups is 7. The van der Waals surface area contributed by atoms with Crippen molar-refractivity contribution in [1.29, 1.82) is 10.5 Å². The van der Waals surface area contributed by atoms with Crippen molar-refractivity contribution in [2.24, 2.45) is 0 Å². The molecule has 0 spiro atoms. The van der Waals surface area contributed by atoms with E-state index in [4.69, 9.17) is 17.0 Å². The lowest BCUT2D eigenvalue weighted by Gasteiger charge is -2.22. The molecular weight excluding hydrogens is 1880 g/mol. The third-order valence-electron chi connectivity index (χ3n) is 24.9. The first-order valence-corrected chi connectivity index (χ1v) is 50.5. The molecule has 0 unspecified atom stereocenters. The second-order valence-electron chi connectivity index (χ2n) is 34.3. The summed E-state index contributed by atoms with van der Waals surface area (Å²) in [5.41, 5.74) is 16.6. The van der Waals surface area contributed by atoms with E-state index < -0.39 is 95.4 Å². The summed E-state index contributed by atoms with van der Waals surface area (Å²) in [6, 6.07) is 55.6. The first-order chi connectivity index (χ1) is 68.8. The number of thiophene rings is 3. The van der Waals surface area contributed by atoms with Crippen molar-refractivity contribution in [3.63, 3.8) is 0 Å². The number of carbonyl (C=O) groups excluding carboxylic acids is 2. The molecule has 0 saturated heterocycles. The number of nitrogen functional groups attached to an aromatic ring is 1. The lowest BCUT2D eigenvalue weighted by Crippen LogP contribution is -2.59. The zero-order valence-corrected chi connectivity index (χ0v) is 82.8. The predicted molar refractivity (Wildman–Crippen MR) is 555 cm³/mol. The summed E-state index contributed by atoms with van der Waals surface area (Å²) in [5.74, 6) is -6.44. The van der Waals surface area contributed by atoms with E-state index in [0.29, 0.717) is 9.13 Å². The molecule has 7 N–H and O–H groups in total. The van der Waals surface area contributed by atoms with Gasteiger partial charge in [0, 0.05) is 106 Å². The fourth-order valence-corrected chi connectivity index (χ4v) is 22.6. The molecule has 0 saturated carbocycles. The molecule has 142 heavy (non-hydrogen) atoms. The number of aliphatic carboxylic acids is 5. The van der Waals surface area contributed by atoms with E-state index in [0.717, 1.165) is 192 Å². The number of nitrogens with zero attached hydrogens (tertiary/aromatic N) is 11. The van der Waals surface area contributed by atoms with Crippen LogP contribution in [0, 0.1) is 29.2 Å². The molecule has 34 heteroatoms. The number of fused-ring (bicyclic) bond motifs is 6. The summed E-state index contributed by atoms with van der Waals surface area (Å²) in [7, 11) is 2.15. The number of rotatable bonds is 42. The molecule has 0 fully saturated rings. The average Bonchev–Trinajstić information content (AvgIpc) is 1.70. The second kappa shape index (κ2) is 49.5. The predicted octanol–water partition coefficient (Wildman–Crippen LogP) is 15.8. The quantitative estimate of drug-likeness (QED) is 0.0118. The van der Waals surface area contributed by atoms with Crippen molar-refractivity contribution in [2.45, 2.75) is 202 Å². The van der Waals surface area contributed by atoms with Crippen LogP contribution in [0.15, 0.2) is 166 Å². The summed E-state index contributed by atoms with van der Waals surface area (Å²) < 4.78 is 20.8. The van der Waals surface area contributed by atoms with Crippen LogP contribution >= 0.6 is 45.3 Å². The van der Waals surface area contributed by atoms with E-state index in [1.807, 2.05) is 65.9 Å². The number of anilines is 5. The molecule has 9 heterocycles. The Morgan fingerprint density at radius 3 is 1.79 bits per heavy atom. The fraction of sp³-hybridized carbons (Fsp3) is 0.315. The molecule has 6 aromatic carbocycles. The number of para-hydroxylation sites is 2. The number of carboxylic acids is 5. The Morgan fingerprint density at radius 2 is 1.14 bits per heavy atom. The summed E-state index contributed by atoms with van der Waals surface area (Å²) >= 11 is 5.76. The Morgan fingerprint density at radius 1 is 0.542 bits per heavy atom. The number of ether oxygens (including phenoxy) is 3. The number of hydrogen-bond acceptors (Lipinski definition) is 23. The molecule has 0 radical (unpaired) electrons. The van der Waals surface area contributed by atoms with Crippen LogP contribution in [0.25, 0.3) is 92.4 Å². The normalized spacial score (nSPS) is 12.6. The zero-order valence-electron chi connectivity index (χ0n) is 79.5. The third kappa shape index (κ3) is 24.6. The Hall–Kier alpha value is -15.3. The molecular formula is C108H110N12O18S4. The largest absolute Gasteiger partial charge is 0.494 e. The summed E-state index contributed by atoms with van der Waals surface area (Å²) in [6.45, 7) is 15.6. The Kier molecular flexibility index (Phi) is 36.3. The second-order valence-corrected chi connectivity index (χ2v) is 38.6. The SMILES string of the molecule is CCCCCCc1cc(-c2sc(-c3ccc4c(c3)CCc3ccccc3N4C)cc2CCCCCC)sc1/C=c1\s/c(=C(\C#N)C(=O)O)n(CC(=O)O)c1=O.CCn1c2ccccc2c2cc(-c3ccc(CC=c4c(=O)n(COC=O)c(=C(C#N)C(=O)O)n(COC=O)c4=O)s3)ccc21.[C-]#[N+]C(C(=O)O)=c1/c(=C/c2ccc3c(c2)CCN3c2ccc(OCCCCCCCCCC)cc2)c(N)nn1CC(=O)O. The van der Waals surface area contributed by atoms with Gasteiger partial charge in [0.1, 0.15) is 46.3 Å². The van der Waals surface area contributed by atoms with Crippen molar-refractivity contribution in [2.75, 3.05) is 35.7 Å². The molecule has 7 aromatic heterocycles. The van der Waals surface area contributed by atoms with E-state index in [1.165, 1.54) is 131 Å². The lowest BCUT2D eigenvalue weighted by molar-refractivity contribution is -0.138. The van der Waals surface area contributed by atoms with E-state index in [9.17, 15) is 84.0 Å². The van der Waals surface area contributed by atoms with E-state index in [-0.39, 0.29) is 50.2 Å². The maximum Gasteiger partial charge on any atom is 0.350 e. The Balaban J connectivity index is 0.000000181. The number of hydrogen-bond donors (Lipinski definition) is 6. The summed E-state index contributed by atoms with van der Waals surface area (Å²) in [4.78, 5) is 135. The van der Waals surface area contributed by atoms with Gasteiger partial charge in [0.25, 0.3) is 35.3 Å². The van der Waals surface area contributed by atoms with Crippen molar-refractivity contribution in [3.05, 3.63) is 268 Å². The minimum absolute atomic E-state index is 0.0221. The van der Waals surface area contributed by atoms with Gasteiger partial charge in [0.15, 0.2) is 30.4 Å². The number of nitriles is 2. The highest BCUT2D eigenvalue weighted by Gasteiger charge is 2.28. The summed E-state index contributed by atoms with van der Waals surface area (Å²) in [6.07, 6.45) is 28.6. The van der Waals surface area contributed by atoms with Gasteiger partial charge in [0.2, 0.25) is 0 Å². The smallest absolute Gasteiger partial charge is 0.350 e. The van der Waals surface area contributed by atoms with E-state index >= 15 is 0 Å². The van der Waals surface area contributed by atoms with Crippen LogP contribution in [0.3, 0.4) is 0 Å². The van der Waals surface area contributed by atoms with Crippen molar-refractivity contribution in [1.82, 2.24) is 28.0 Å². The maximum absolute atomic E-state index is 13.6. The van der Waals surface area contributed by atoms with Gasteiger partial charge in [-0.1, -0.05) is 165 Å². The Bertz CT molecular complexity index is 7620. The van der Waals surface area contributed by atoms with Gasteiger partial charge >= 0.3 is 29.8 Å². The van der Waals surface area contributed by atoms with Crippen molar-refractivity contribution < 1.29 is 73.3 Å². The van der Waals surface area contributed by atoms with Crippen LogP contribution in [-0.4, -0.2) is 117 Å². The minimum atomic E-state index is -1.74. The standard InChI is InChI=1S/C44H47N3O5S3.C33H39N5O5.C31H24N4O8S/c1-4-6-8-10-15-30-23-38(53-37(30)25-39-42(50)47(27-40(48)49)43(55-39)33(26-45)44(51)52)41-32(16-11-9-7-5-2)24-36(54-41)31-20-21-35-29(22-31)19-18-28-14-12-13-17-34(28)46(35)3;1-3-4-5-6-7-8-9-10-19-43-26-14-12-25(13-15-26)37-18-17-24-20-23(11-16-28(24)37)21-27-31(30(35-2)33(41)42)38(22-29(39)40)36-32(27)34;1-2-33-25-6-4-3-5-21(25)23-13-19(7-11-26(23)33)27-12-9-20(44-27)8-10-22-29(38)34(15-42-17-36)28(24(14-32)31(40)41)35(30(22)39)16-43-18-37/h12-14,17,20-25H,4-11,15-16,18-19,27H2,1-3H3,(H,48,49)(H,51,52);11-16,20-21H,3-10,17-19,22H2,1H3,(H2,34,36)(H,39,40)(H,41,42);3-7,9-13,17-18H,2,8,15-16H2,1H3,(H,40,41)/b39-25-,43-33+;27-21-,31-30?;. The molecule has 0 amide bonds. The van der Waals surface area contributed by atoms with Gasteiger partial charge in [-0.25, -0.2) is 14.4 Å². The van der Waals surface area contributed by atoms with Crippen LogP contribution in [0.5, 0.6) is 5.75 Å². The number of aryl methyl sites for hydroxylation is 5. The first kappa shape index (κ1) is 104. The number of aromatic nitrogens is 6. The average molecular weight is 1990 g/mol. The topological polar surface area (TPSA) is 422 Å².